The van der Waals surface area contributed by atoms with Gasteiger partial charge in [-0.3, -0.25) is 0 Å². The van der Waals surface area contributed by atoms with Gasteiger partial charge in [0.25, 0.3) is 0 Å². The molecule has 0 radical (unpaired) electrons. The molecule has 0 spiro atoms. The van der Waals surface area contributed by atoms with Crippen molar-refractivity contribution >= 4 is 0 Å². The Kier molecular flexibility index (Phi) is 13.9. The van der Waals surface area contributed by atoms with Crippen molar-refractivity contribution < 1.29 is 0 Å². The molecule has 0 aromatic heterocycles. The summed E-state index contributed by atoms with van der Waals surface area (Å²) in [7, 11) is 1.97. The first-order chi connectivity index (χ1) is 8.31. The Bertz CT molecular complexity index is 137. The zero-order valence-corrected chi connectivity index (χ0v) is 12.1. The van der Waals surface area contributed by atoms with Gasteiger partial charge in [-0.2, -0.15) is 0 Å². The summed E-state index contributed by atoms with van der Waals surface area (Å²) in [5, 5.41) is 3.13. The molecule has 1 unspecified atom stereocenters. The van der Waals surface area contributed by atoms with Gasteiger partial charge in [-0.1, -0.05) is 71.1 Å². The molecule has 0 aromatic carbocycles. The van der Waals surface area contributed by atoms with Gasteiger partial charge in [-0.05, 0) is 13.5 Å². The van der Waals surface area contributed by atoms with Crippen molar-refractivity contribution in [2.24, 2.45) is 5.73 Å². The molecule has 0 bridgehead atoms. The fraction of sp³-hybridized carbons (Fsp3) is 1.00. The van der Waals surface area contributed by atoms with Crippen molar-refractivity contribution in [3.05, 3.63) is 0 Å². The van der Waals surface area contributed by atoms with Crippen LogP contribution in [0.25, 0.3) is 0 Å². The first-order valence-electron chi connectivity index (χ1n) is 7.71. The molecule has 0 saturated carbocycles. The Morgan fingerprint density at radius 1 is 0.824 bits per heavy atom. The summed E-state index contributed by atoms with van der Waals surface area (Å²) in [6.07, 6.45) is 15.2. The second-order valence-corrected chi connectivity index (χ2v) is 5.29. The molecule has 0 fully saturated rings. The van der Waals surface area contributed by atoms with E-state index in [4.69, 9.17) is 5.73 Å². The Hall–Kier alpha value is -0.0800. The van der Waals surface area contributed by atoms with Gasteiger partial charge in [-0.15, -0.1) is 0 Å². The molecule has 2 nitrogen and oxygen atoms in total. The predicted molar refractivity (Wildman–Crippen MR) is 78.4 cm³/mol. The molecule has 104 valence electrons. The summed E-state index contributed by atoms with van der Waals surface area (Å²) >= 11 is 0. The Balaban J connectivity index is 2.98. The highest BCUT2D eigenvalue weighted by atomic mass is 14.9. The predicted octanol–water partition coefficient (Wildman–Crippen LogP) is 3.84. The highest BCUT2D eigenvalue weighted by molar-refractivity contribution is 4.62. The quantitative estimate of drug-likeness (QED) is 0.482. The second-order valence-electron chi connectivity index (χ2n) is 5.29. The topological polar surface area (TPSA) is 38.0 Å². The molecule has 0 heterocycles. The van der Waals surface area contributed by atoms with Gasteiger partial charge in [0.2, 0.25) is 0 Å². The Labute approximate surface area is 109 Å². The zero-order valence-electron chi connectivity index (χ0n) is 12.1. The lowest BCUT2D eigenvalue weighted by Gasteiger charge is -2.10. The number of likely N-dealkylation sites (N-methyl/N-ethyl adjacent to an activating group) is 1. The maximum Gasteiger partial charge on any atom is 0.0165 e. The van der Waals surface area contributed by atoms with E-state index >= 15 is 0 Å². The van der Waals surface area contributed by atoms with Crippen LogP contribution in [0.3, 0.4) is 0 Å². The molecule has 0 aromatic rings. The van der Waals surface area contributed by atoms with Gasteiger partial charge in [-0.25, -0.2) is 0 Å². The molecule has 0 saturated heterocycles. The normalized spacial score (nSPS) is 12.9. The van der Waals surface area contributed by atoms with Crippen LogP contribution in [-0.2, 0) is 0 Å². The lowest BCUT2D eigenvalue weighted by molar-refractivity contribution is 0.510. The lowest BCUT2D eigenvalue weighted by atomic mass is 10.0. The van der Waals surface area contributed by atoms with Crippen molar-refractivity contribution in [3.8, 4) is 0 Å². The van der Waals surface area contributed by atoms with E-state index in [1.54, 1.807) is 0 Å². The van der Waals surface area contributed by atoms with Gasteiger partial charge in [0.05, 0.1) is 0 Å². The average Bonchev–Trinajstić information content (AvgIpc) is 2.32. The van der Waals surface area contributed by atoms with E-state index < -0.39 is 0 Å². The van der Waals surface area contributed by atoms with Crippen LogP contribution in [0.4, 0.5) is 0 Å². The molecule has 0 amide bonds. The minimum atomic E-state index is 0.356. The minimum Gasteiger partial charge on any atom is -0.327 e. The third kappa shape index (κ3) is 13.9. The van der Waals surface area contributed by atoms with E-state index in [1.165, 1.54) is 70.6 Å². The van der Waals surface area contributed by atoms with Crippen LogP contribution < -0.4 is 11.1 Å². The van der Waals surface area contributed by atoms with E-state index in [9.17, 15) is 0 Å². The number of nitrogens with one attached hydrogen (secondary N) is 1. The molecular weight excluding hydrogens is 208 g/mol. The maximum atomic E-state index is 5.93. The number of rotatable bonds is 13. The van der Waals surface area contributed by atoms with Crippen molar-refractivity contribution in [3.63, 3.8) is 0 Å². The van der Waals surface area contributed by atoms with Crippen LogP contribution in [0.15, 0.2) is 0 Å². The van der Waals surface area contributed by atoms with Crippen molar-refractivity contribution in [2.45, 2.75) is 83.6 Å². The zero-order chi connectivity index (χ0) is 12.8. The highest BCUT2D eigenvalue weighted by Gasteiger charge is 1.99. The van der Waals surface area contributed by atoms with Crippen LogP contribution in [0.5, 0.6) is 0 Å². The third-order valence-electron chi connectivity index (χ3n) is 3.39. The fourth-order valence-corrected chi connectivity index (χ4v) is 2.26. The molecule has 0 aliphatic rings. The Morgan fingerprint density at radius 2 is 1.29 bits per heavy atom. The molecular formula is C15H34N2. The molecule has 2 heteroatoms. The number of hydrogen-bond acceptors (Lipinski definition) is 2. The van der Waals surface area contributed by atoms with E-state index in [0.29, 0.717) is 6.04 Å². The van der Waals surface area contributed by atoms with Crippen LogP contribution in [0.1, 0.15) is 77.6 Å². The first-order valence-corrected chi connectivity index (χ1v) is 7.71. The summed E-state index contributed by atoms with van der Waals surface area (Å²) < 4.78 is 0. The second kappa shape index (κ2) is 14.0. The van der Waals surface area contributed by atoms with E-state index in [0.717, 1.165) is 6.54 Å². The molecule has 0 aliphatic heterocycles. The van der Waals surface area contributed by atoms with E-state index in [-0.39, 0.29) is 0 Å². The van der Waals surface area contributed by atoms with Gasteiger partial charge in [0, 0.05) is 12.6 Å². The highest BCUT2D eigenvalue weighted by Crippen LogP contribution is 2.11. The number of unbranched alkanes of at least 4 members (excludes halogenated alkanes) is 9. The van der Waals surface area contributed by atoms with Crippen LogP contribution >= 0.6 is 0 Å². The van der Waals surface area contributed by atoms with Crippen molar-refractivity contribution in [1.29, 1.82) is 0 Å². The van der Waals surface area contributed by atoms with Crippen LogP contribution in [-0.4, -0.2) is 19.6 Å². The van der Waals surface area contributed by atoms with Gasteiger partial charge >= 0.3 is 0 Å². The first kappa shape index (κ1) is 16.9. The van der Waals surface area contributed by atoms with Gasteiger partial charge in [0.1, 0.15) is 0 Å². The summed E-state index contributed by atoms with van der Waals surface area (Å²) in [5.74, 6) is 0. The van der Waals surface area contributed by atoms with Crippen molar-refractivity contribution in [2.75, 3.05) is 13.6 Å². The van der Waals surface area contributed by atoms with Crippen LogP contribution in [0.2, 0.25) is 0 Å². The summed E-state index contributed by atoms with van der Waals surface area (Å²) in [6, 6.07) is 0.356. The summed E-state index contributed by atoms with van der Waals surface area (Å²) in [5.41, 5.74) is 5.93. The maximum absolute atomic E-state index is 5.93. The van der Waals surface area contributed by atoms with Crippen LogP contribution in [0, 0.1) is 0 Å². The fourth-order valence-electron chi connectivity index (χ4n) is 2.26. The minimum absolute atomic E-state index is 0.356. The smallest absolute Gasteiger partial charge is 0.0165 e. The van der Waals surface area contributed by atoms with Gasteiger partial charge in [0.15, 0.2) is 0 Å². The van der Waals surface area contributed by atoms with Crippen molar-refractivity contribution in [1.82, 2.24) is 5.32 Å². The summed E-state index contributed by atoms with van der Waals surface area (Å²) in [6.45, 7) is 3.23. The largest absolute Gasteiger partial charge is 0.327 e. The molecule has 17 heavy (non-hydrogen) atoms. The molecule has 3 N–H and O–H groups in total. The van der Waals surface area contributed by atoms with E-state index in [2.05, 4.69) is 12.2 Å². The molecule has 0 aliphatic carbocycles. The average molecular weight is 242 g/mol. The lowest BCUT2D eigenvalue weighted by Crippen LogP contribution is -2.31. The molecule has 0 rings (SSSR count). The summed E-state index contributed by atoms with van der Waals surface area (Å²) in [4.78, 5) is 0. The monoisotopic (exact) mass is 242 g/mol. The standard InChI is InChI=1S/C15H34N2/c1-3-4-5-6-7-8-9-10-11-12-13-15(16)14-17-2/h15,17H,3-14,16H2,1-2H3. The SMILES string of the molecule is CCCCCCCCCCCCC(N)CNC. The molecule has 1 atom stereocenters. The van der Waals surface area contributed by atoms with E-state index in [1.807, 2.05) is 7.05 Å². The number of hydrogen-bond donors (Lipinski definition) is 2. The number of nitrogens with two attached hydrogens (primary N) is 1. The van der Waals surface area contributed by atoms with Gasteiger partial charge < -0.3 is 11.1 Å². The third-order valence-corrected chi connectivity index (χ3v) is 3.39. The Morgan fingerprint density at radius 3 is 1.76 bits per heavy atom.